The van der Waals surface area contributed by atoms with E-state index in [1.54, 1.807) is 18.4 Å². The van der Waals surface area contributed by atoms with Crippen LogP contribution in [0.5, 0.6) is 0 Å². The quantitative estimate of drug-likeness (QED) is 0.793. The van der Waals surface area contributed by atoms with Crippen molar-refractivity contribution in [3.63, 3.8) is 0 Å². The van der Waals surface area contributed by atoms with Crippen molar-refractivity contribution >= 4 is 16.5 Å². The lowest BCUT2D eigenvalue weighted by molar-refractivity contribution is 0.181. The van der Waals surface area contributed by atoms with Crippen LogP contribution < -0.4 is 10.2 Å². The normalized spacial score (nSPS) is 10.8. The number of nitrogens with one attached hydrogen (secondary N) is 1. The van der Waals surface area contributed by atoms with Gasteiger partial charge in [-0.15, -0.1) is 11.3 Å². The lowest BCUT2D eigenvalue weighted by Crippen LogP contribution is -2.17. The SMILES string of the molecule is CCCN(C)c1nc(COC)c(CNC)s1. The van der Waals surface area contributed by atoms with Crippen LogP contribution in [0.2, 0.25) is 0 Å². The summed E-state index contributed by atoms with van der Waals surface area (Å²) in [6, 6.07) is 0. The van der Waals surface area contributed by atoms with Crippen LogP contribution in [-0.4, -0.2) is 32.7 Å². The van der Waals surface area contributed by atoms with Gasteiger partial charge in [0.15, 0.2) is 5.13 Å². The number of thiazole rings is 1. The zero-order chi connectivity index (χ0) is 12.0. The topological polar surface area (TPSA) is 37.4 Å². The Balaban J connectivity index is 2.82. The van der Waals surface area contributed by atoms with Crippen molar-refractivity contribution in [2.75, 3.05) is 32.6 Å². The van der Waals surface area contributed by atoms with E-state index in [2.05, 4.69) is 29.2 Å². The van der Waals surface area contributed by atoms with Crippen LogP contribution in [0, 0.1) is 0 Å². The van der Waals surface area contributed by atoms with Crippen LogP contribution in [0.25, 0.3) is 0 Å². The van der Waals surface area contributed by atoms with E-state index in [1.165, 1.54) is 4.88 Å². The molecule has 0 atom stereocenters. The minimum atomic E-state index is 0.591. The highest BCUT2D eigenvalue weighted by Crippen LogP contribution is 2.26. The molecule has 0 saturated carbocycles. The van der Waals surface area contributed by atoms with Gasteiger partial charge in [0.25, 0.3) is 0 Å². The minimum absolute atomic E-state index is 0.591. The summed E-state index contributed by atoms with van der Waals surface area (Å²) in [4.78, 5) is 8.08. The molecule has 0 saturated heterocycles. The summed E-state index contributed by atoms with van der Waals surface area (Å²) in [5.41, 5.74) is 1.06. The predicted octanol–water partition coefficient (Wildman–Crippen LogP) is 1.86. The second-order valence-corrected chi connectivity index (χ2v) is 4.81. The number of nitrogens with zero attached hydrogens (tertiary/aromatic N) is 2. The Bertz CT molecular complexity index is 291. The summed E-state index contributed by atoms with van der Waals surface area (Å²) in [6.07, 6.45) is 1.14. The zero-order valence-corrected chi connectivity index (χ0v) is 11.4. The van der Waals surface area contributed by atoms with Gasteiger partial charge in [0.2, 0.25) is 0 Å². The highest BCUT2D eigenvalue weighted by molar-refractivity contribution is 7.15. The first kappa shape index (κ1) is 13.4. The number of anilines is 1. The van der Waals surface area contributed by atoms with Gasteiger partial charge in [0.1, 0.15) is 0 Å². The third-order valence-corrected chi connectivity index (χ3v) is 3.48. The molecule has 0 unspecified atom stereocenters. The maximum atomic E-state index is 5.17. The third-order valence-electron chi connectivity index (χ3n) is 2.27. The first-order chi connectivity index (χ1) is 7.72. The molecule has 0 aliphatic rings. The summed E-state index contributed by atoms with van der Waals surface area (Å²) in [7, 11) is 5.74. The molecule has 0 bridgehead atoms. The molecule has 1 N–H and O–H groups in total. The van der Waals surface area contributed by atoms with Gasteiger partial charge < -0.3 is 15.0 Å². The van der Waals surface area contributed by atoms with E-state index in [9.17, 15) is 0 Å². The van der Waals surface area contributed by atoms with Crippen molar-refractivity contribution in [1.82, 2.24) is 10.3 Å². The molecule has 0 amide bonds. The zero-order valence-electron chi connectivity index (χ0n) is 10.5. The summed E-state index contributed by atoms with van der Waals surface area (Å²) in [5, 5.41) is 4.25. The molecule has 0 spiro atoms. The van der Waals surface area contributed by atoms with E-state index in [0.717, 1.165) is 30.3 Å². The summed E-state index contributed by atoms with van der Waals surface area (Å²) in [6.45, 7) is 4.66. The Hall–Kier alpha value is -0.650. The second-order valence-electron chi connectivity index (χ2n) is 3.75. The summed E-state index contributed by atoms with van der Waals surface area (Å²) < 4.78 is 5.17. The maximum Gasteiger partial charge on any atom is 0.185 e. The number of rotatable bonds is 7. The predicted molar refractivity (Wildman–Crippen MR) is 69.2 cm³/mol. The minimum Gasteiger partial charge on any atom is -0.378 e. The molecule has 1 aromatic heterocycles. The molecule has 92 valence electrons. The van der Waals surface area contributed by atoms with E-state index < -0.39 is 0 Å². The Morgan fingerprint density at radius 2 is 2.25 bits per heavy atom. The highest BCUT2D eigenvalue weighted by atomic mass is 32.1. The molecular formula is C11H21N3OS. The largest absolute Gasteiger partial charge is 0.378 e. The average Bonchev–Trinajstić information content (AvgIpc) is 2.64. The third kappa shape index (κ3) is 3.43. The van der Waals surface area contributed by atoms with E-state index in [1.807, 2.05) is 7.05 Å². The molecule has 1 heterocycles. The van der Waals surface area contributed by atoms with Crippen LogP contribution in [0.3, 0.4) is 0 Å². The van der Waals surface area contributed by atoms with Gasteiger partial charge in [0, 0.05) is 32.1 Å². The van der Waals surface area contributed by atoms with E-state index >= 15 is 0 Å². The van der Waals surface area contributed by atoms with E-state index in [-0.39, 0.29) is 0 Å². The molecule has 4 nitrogen and oxygen atoms in total. The number of hydrogen-bond donors (Lipinski definition) is 1. The van der Waals surface area contributed by atoms with Gasteiger partial charge in [-0.25, -0.2) is 4.98 Å². The molecule has 1 rings (SSSR count). The average molecular weight is 243 g/mol. The smallest absolute Gasteiger partial charge is 0.185 e. The van der Waals surface area contributed by atoms with Crippen LogP contribution in [-0.2, 0) is 17.9 Å². The molecule has 0 radical (unpaired) electrons. The molecule has 0 aliphatic heterocycles. The summed E-state index contributed by atoms with van der Waals surface area (Å²) >= 11 is 1.74. The van der Waals surface area contributed by atoms with Gasteiger partial charge in [-0.1, -0.05) is 6.92 Å². The van der Waals surface area contributed by atoms with Crippen LogP contribution in [0.1, 0.15) is 23.9 Å². The lowest BCUT2D eigenvalue weighted by Gasteiger charge is -2.13. The molecule has 5 heteroatoms. The number of methoxy groups -OCH3 is 1. The van der Waals surface area contributed by atoms with Crippen molar-refractivity contribution in [2.24, 2.45) is 0 Å². The fourth-order valence-electron chi connectivity index (χ4n) is 1.51. The first-order valence-electron chi connectivity index (χ1n) is 5.56. The number of hydrogen-bond acceptors (Lipinski definition) is 5. The summed E-state index contributed by atoms with van der Waals surface area (Å²) in [5.74, 6) is 0. The van der Waals surface area contributed by atoms with Crippen molar-refractivity contribution < 1.29 is 4.74 Å². The van der Waals surface area contributed by atoms with Gasteiger partial charge in [0.05, 0.1) is 12.3 Å². The molecule has 0 fully saturated rings. The molecule has 0 aliphatic carbocycles. The Morgan fingerprint density at radius 1 is 1.50 bits per heavy atom. The van der Waals surface area contributed by atoms with E-state index in [4.69, 9.17) is 4.74 Å². The first-order valence-corrected chi connectivity index (χ1v) is 6.37. The van der Waals surface area contributed by atoms with E-state index in [0.29, 0.717) is 6.61 Å². The Morgan fingerprint density at radius 3 is 2.81 bits per heavy atom. The van der Waals surface area contributed by atoms with Gasteiger partial charge >= 0.3 is 0 Å². The van der Waals surface area contributed by atoms with Gasteiger partial charge in [-0.3, -0.25) is 0 Å². The Labute approximate surface area is 102 Å². The lowest BCUT2D eigenvalue weighted by atomic mass is 10.4. The monoisotopic (exact) mass is 243 g/mol. The van der Waals surface area contributed by atoms with Crippen LogP contribution in [0.4, 0.5) is 5.13 Å². The number of aromatic nitrogens is 1. The van der Waals surface area contributed by atoms with Gasteiger partial charge in [-0.2, -0.15) is 0 Å². The molecule has 16 heavy (non-hydrogen) atoms. The fraction of sp³-hybridized carbons (Fsp3) is 0.727. The van der Waals surface area contributed by atoms with Crippen LogP contribution in [0.15, 0.2) is 0 Å². The number of ether oxygens (including phenoxy) is 1. The molecular weight excluding hydrogens is 222 g/mol. The van der Waals surface area contributed by atoms with Crippen molar-refractivity contribution in [3.05, 3.63) is 10.6 Å². The van der Waals surface area contributed by atoms with Crippen molar-refractivity contribution in [1.29, 1.82) is 0 Å². The fourth-order valence-corrected chi connectivity index (χ4v) is 2.57. The molecule has 0 aromatic carbocycles. The maximum absolute atomic E-state index is 5.17. The van der Waals surface area contributed by atoms with Crippen molar-refractivity contribution in [3.8, 4) is 0 Å². The highest BCUT2D eigenvalue weighted by Gasteiger charge is 2.12. The Kier molecular flexibility index (Phi) is 5.73. The van der Waals surface area contributed by atoms with Crippen molar-refractivity contribution in [2.45, 2.75) is 26.5 Å². The standard InChI is InChI=1S/C11H21N3OS/c1-5-6-14(3)11-13-9(8-15-4)10(16-11)7-12-2/h12H,5-8H2,1-4H3. The molecule has 1 aromatic rings. The second kappa shape index (κ2) is 6.83. The van der Waals surface area contributed by atoms with Gasteiger partial charge in [-0.05, 0) is 13.5 Å². The van der Waals surface area contributed by atoms with Crippen LogP contribution >= 0.6 is 11.3 Å².